The molecular weight excluding hydrogens is 398 g/mol. The lowest BCUT2D eigenvalue weighted by Crippen LogP contribution is -2.45. The highest BCUT2D eigenvalue weighted by molar-refractivity contribution is 7.14. The molecule has 1 atom stereocenters. The van der Waals surface area contributed by atoms with E-state index in [0.29, 0.717) is 27.0 Å². The third kappa shape index (κ3) is 3.19. The van der Waals surface area contributed by atoms with Gasteiger partial charge in [0.2, 0.25) is 5.91 Å². The summed E-state index contributed by atoms with van der Waals surface area (Å²) in [6.07, 6.45) is 0. The highest BCUT2D eigenvalue weighted by Crippen LogP contribution is 2.28. The summed E-state index contributed by atoms with van der Waals surface area (Å²) in [7, 11) is 0. The zero-order valence-electron chi connectivity index (χ0n) is 14.7. The Labute approximate surface area is 169 Å². The monoisotopic (exact) mass is 411 g/mol. The van der Waals surface area contributed by atoms with E-state index in [1.54, 1.807) is 36.4 Å². The van der Waals surface area contributed by atoms with E-state index in [9.17, 15) is 14.4 Å². The van der Waals surface area contributed by atoms with E-state index in [-0.39, 0.29) is 0 Å². The second-order valence-electron chi connectivity index (χ2n) is 6.24. The molecule has 1 aromatic heterocycles. The number of benzene rings is 2. The van der Waals surface area contributed by atoms with E-state index >= 15 is 0 Å². The van der Waals surface area contributed by atoms with E-state index in [1.165, 1.54) is 18.3 Å². The second-order valence-corrected chi connectivity index (χ2v) is 7.53. The fourth-order valence-electron chi connectivity index (χ4n) is 2.97. The van der Waals surface area contributed by atoms with E-state index in [4.69, 9.17) is 11.6 Å². The molecular formula is C20H14ClN3O3S. The Hall–Kier alpha value is -3.03. The van der Waals surface area contributed by atoms with Gasteiger partial charge in [-0.05, 0) is 31.2 Å². The highest BCUT2D eigenvalue weighted by Gasteiger charge is 2.40. The lowest BCUT2D eigenvalue weighted by molar-refractivity contribution is -0.119. The lowest BCUT2D eigenvalue weighted by atomic mass is 10.1. The van der Waals surface area contributed by atoms with Crippen LogP contribution in [0.3, 0.4) is 0 Å². The van der Waals surface area contributed by atoms with Crippen LogP contribution in [0.15, 0.2) is 53.9 Å². The fraction of sp³-hybridized carbons (Fsp3) is 0.100. The number of carbonyl (C=O) groups is 3. The summed E-state index contributed by atoms with van der Waals surface area (Å²) in [6, 6.07) is 12.8. The van der Waals surface area contributed by atoms with Gasteiger partial charge in [0.15, 0.2) is 5.13 Å². The van der Waals surface area contributed by atoms with Gasteiger partial charge in [-0.3, -0.25) is 19.3 Å². The second kappa shape index (κ2) is 7.18. The molecule has 2 heterocycles. The SMILES string of the molecule is CC(C(=O)Nc1nc(-c2ccc(Cl)cc2)cs1)N1C(=O)c2ccccc2C1=O. The Balaban J connectivity index is 1.49. The summed E-state index contributed by atoms with van der Waals surface area (Å²) in [5.74, 6) is -1.42. The quantitative estimate of drug-likeness (QED) is 0.656. The molecule has 6 nitrogen and oxygen atoms in total. The molecule has 1 N–H and O–H groups in total. The molecule has 0 saturated carbocycles. The Kier molecular flexibility index (Phi) is 4.70. The van der Waals surface area contributed by atoms with E-state index in [0.717, 1.165) is 10.5 Å². The minimum absolute atomic E-state index is 0.312. The zero-order chi connectivity index (χ0) is 19.8. The number of amides is 3. The van der Waals surface area contributed by atoms with Gasteiger partial charge in [0.05, 0.1) is 16.8 Å². The number of hydrogen-bond acceptors (Lipinski definition) is 5. The van der Waals surface area contributed by atoms with Crippen molar-refractivity contribution < 1.29 is 14.4 Å². The van der Waals surface area contributed by atoms with Crippen molar-refractivity contribution in [1.82, 2.24) is 9.88 Å². The van der Waals surface area contributed by atoms with Crippen molar-refractivity contribution in [3.05, 3.63) is 70.1 Å². The molecule has 1 aliphatic heterocycles. The summed E-state index contributed by atoms with van der Waals surface area (Å²) in [4.78, 5) is 43.0. The molecule has 2 aromatic carbocycles. The molecule has 0 bridgehead atoms. The highest BCUT2D eigenvalue weighted by atomic mass is 35.5. The molecule has 1 unspecified atom stereocenters. The predicted molar refractivity (Wildman–Crippen MR) is 108 cm³/mol. The summed E-state index contributed by atoms with van der Waals surface area (Å²) in [5, 5.41) is 5.51. The van der Waals surface area contributed by atoms with Crippen molar-refractivity contribution in [3.63, 3.8) is 0 Å². The van der Waals surface area contributed by atoms with Crippen LogP contribution >= 0.6 is 22.9 Å². The largest absolute Gasteiger partial charge is 0.300 e. The summed E-state index contributed by atoms with van der Waals surface area (Å²) in [5.41, 5.74) is 2.19. The molecule has 0 spiro atoms. The van der Waals surface area contributed by atoms with Gasteiger partial charge in [-0.1, -0.05) is 35.9 Å². The number of halogens is 1. The van der Waals surface area contributed by atoms with Gasteiger partial charge < -0.3 is 5.32 Å². The van der Waals surface area contributed by atoms with Gasteiger partial charge in [0, 0.05) is 16.0 Å². The van der Waals surface area contributed by atoms with Crippen LogP contribution in [0.1, 0.15) is 27.6 Å². The fourth-order valence-corrected chi connectivity index (χ4v) is 3.82. The minimum Gasteiger partial charge on any atom is -0.300 e. The molecule has 3 amide bonds. The summed E-state index contributed by atoms with van der Waals surface area (Å²) in [6.45, 7) is 1.52. The van der Waals surface area contributed by atoms with E-state index in [2.05, 4.69) is 10.3 Å². The van der Waals surface area contributed by atoms with Crippen LogP contribution in [0, 0.1) is 0 Å². The first-order valence-corrected chi connectivity index (χ1v) is 9.70. The number of anilines is 1. The van der Waals surface area contributed by atoms with Crippen LogP contribution in [-0.2, 0) is 4.79 Å². The van der Waals surface area contributed by atoms with Crippen LogP contribution in [0.5, 0.6) is 0 Å². The number of aromatic nitrogens is 1. The molecule has 0 aliphatic carbocycles. The van der Waals surface area contributed by atoms with Gasteiger partial charge in [0.1, 0.15) is 6.04 Å². The topological polar surface area (TPSA) is 79.4 Å². The first-order chi connectivity index (χ1) is 13.5. The maximum Gasteiger partial charge on any atom is 0.262 e. The van der Waals surface area contributed by atoms with Crippen molar-refractivity contribution in [2.75, 3.05) is 5.32 Å². The van der Waals surface area contributed by atoms with Crippen LogP contribution in [0.2, 0.25) is 5.02 Å². The van der Waals surface area contributed by atoms with Crippen LogP contribution < -0.4 is 5.32 Å². The van der Waals surface area contributed by atoms with E-state index in [1.807, 2.05) is 17.5 Å². The number of thiazole rings is 1. The molecule has 3 aromatic rings. The molecule has 0 radical (unpaired) electrons. The Bertz CT molecular complexity index is 1060. The molecule has 28 heavy (non-hydrogen) atoms. The van der Waals surface area contributed by atoms with Crippen LogP contribution in [0.4, 0.5) is 5.13 Å². The molecule has 140 valence electrons. The first-order valence-electron chi connectivity index (χ1n) is 8.45. The molecule has 0 fully saturated rings. The van der Waals surface area contributed by atoms with Gasteiger partial charge in [0.25, 0.3) is 11.8 Å². The maximum absolute atomic E-state index is 12.6. The van der Waals surface area contributed by atoms with Crippen molar-refractivity contribution in [1.29, 1.82) is 0 Å². The Morgan fingerprint density at radius 2 is 1.68 bits per heavy atom. The van der Waals surface area contributed by atoms with Crippen molar-refractivity contribution in [2.24, 2.45) is 0 Å². The number of imide groups is 1. The molecule has 1 aliphatic rings. The summed E-state index contributed by atoms with van der Waals surface area (Å²) < 4.78 is 0. The number of fused-ring (bicyclic) bond motifs is 1. The van der Waals surface area contributed by atoms with Crippen molar-refractivity contribution >= 4 is 45.8 Å². The Morgan fingerprint density at radius 3 is 2.29 bits per heavy atom. The molecule has 8 heteroatoms. The normalized spacial score (nSPS) is 14.1. The van der Waals surface area contributed by atoms with Crippen LogP contribution in [-0.4, -0.2) is 33.6 Å². The van der Waals surface area contributed by atoms with Crippen molar-refractivity contribution in [2.45, 2.75) is 13.0 Å². The molecule has 4 rings (SSSR count). The first kappa shape index (κ1) is 18.3. The number of nitrogens with one attached hydrogen (secondary N) is 1. The van der Waals surface area contributed by atoms with Gasteiger partial charge in [-0.2, -0.15) is 0 Å². The number of hydrogen-bond donors (Lipinski definition) is 1. The van der Waals surface area contributed by atoms with Gasteiger partial charge in [-0.25, -0.2) is 4.98 Å². The van der Waals surface area contributed by atoms with Crippen molar-refractivity contribution in [3.8, 4) is 11.3 Å². The average molecular weight is 412 g/mol. The predicted octanol–water partition coefficient (Wildman–Crippen LogP) is 4.09. The minimum atomic E-state index is -0.963. The third-order valence-corrected chi connectivity index (χ3v) is 5.48. The molecule has 0 saturated heterocycles. The third-order valence-electron chi connectivity index (χ3n) is 4.47. The number of rotatable bonds is 4. The average Bonchev–Trinajstić information content (AvgIpc) is 3.25. The smallest absolute Gasteiger partial charge is 0.262 e. The van der Waals surface area contributed by atoms with Crippen LogP contribution in [0.25, 0.3) is 11.3 Å². The Morgan fingerprint density at radius 1 is 1.07 bits per heavy atom. The summed E-state index contributed by atoms with van der Waals surface area (Å²) >= 11 is 7.15. The van der Waals surface area contributed by atoms with Gasteiger partial charge in [-0.15, -0.1) is 11.3 Å². The van der Waals surface area contributed by atoms with Gasteiger partial charge >= 0.3 is 0 Å². The number of nitrogens with zero attached hydrogens (tertiary/aromatic N) is 2. The maximum atomic E-state index is 12.6. The lowest BCUT2D eigenvalue weighted by Gasteiger charge is -2.21. The van der Waals surface area contributed by atoms with E-state index < -0.39 is 23.8 Å². The standard InChI is InChI=1S/C20H14ClN3O3S/c1-11(24-18(26)14-4-2-3-5-15(14)19(24)27)17(25)23-20-22-16(10-28-20)12-6-8-13(21)9-7-12/h2-11H,1H3,(H,22,23,25). The number of carbonyl (C=O) groups excluding carboxylic acids is 3. The zero-order valence-corrected chi connectivity index (χ0v) is 16.3.